The van der Waals surface area contributed by atoms with E-state index < -0.39 is 0 Å². The van der Waals surface area contributed by atoms with Crippen LogP contribution in [0.1, 0.15) is 45.1 Å². The lowest BCUT2D eigenvalue weighted by atomic mass is 9.95. The molecule has 1 aromatic rings. The predicted octanol–water partition coefficient (Wildman–Crippen LogP) is 3.57. The number of hydrogen-bond donors (Lipinski definition) is 1. The molecule has 2 heteroatoms. The Morgan fingerprint density at radius 3 is 2.84 bits per heavy atom. The fourth-order valence-electron chi connectivity index (χ4n) is 3.35. The Labute approximate surface area is 117 Å². The summed E-state index contributed by atoms with van der Waals surface area (Å²) in [5.74, 6) is 0.880. The molecule has 0 bridgehead atoms. The molecule has 3 rings (SSSR count). The molecule has 104 valence electrons. The van der Waals surface area contributed by atoms with Gasteiger partial charge in [-0.25, -0.2) is 0 Å². The zero-order valence-corrected chi connectivity index (χ0v) is 12.3. The van der Waals surface area contributed by atoms with E-state index in [-0.39, 0.29) is 0 Å². The van der Waals surface area contributed by atoms with E-state index in [4.69, 9.17) is 0 Å². The summed E-state index contributed by atoms with van der Waals surface area (Å²) in [6.07, 6.45) is 5.37. The average Bonchev–Trinajstić information content (AvgIpc) is 3.26. The van der Waals surface area contributed by atoms with E-state index in [2.05, 4.69) is 48.3 Å². The van der Waals surface area contributed by atoms with Crippen molar-refractivity contribution in [3.63, 3.8) is 0 Å². The Morgan fingerprint density at radius 2 is 2.11 bits per heavy atom. The lowest BCUT2D eigenvalue weighted by molar-refractivity contribution is 0.316. The Morgan fingerprint density at radius 1 is 1.32 bits per heavy atom. The third-order valence-corrected chi connectivity index (χ3v) is 4.79. The molecule has 0 amide bonds. The minimum Gasteiger partial charge on any atom is -0.369 e. The topological polar surface area (TPSA) is 15.3 Å². The van der Waals surface area contributed by atoms with Crippen LogP contribution in [0.25, 0.3) is 0 Å². The van der Waals surface area contributed by atoms with Gasteiger partial charge in [0.05, 0.1) is 0 Å². The third kappa shape index (κ3) is 2.64. The summed E-state index contributed by atoms with van der Waals surface area (Å²) in [5.41, 5.74) is 3.21. The van der Waals surface area contributed by atoms with Crippen LogP contribution in [0.2, 0.25) is 0 Å². The molecule has 1 unspecified atom stereocenters. The minimum absolute atomic E-state index is 0.298. The molecule has 1 aromatic carbocycles. The van der Waals surface area contributed by atoms with Crippen LogP contribution >= 0.6 is 0 Å². The molecule has 1 atom stereocenters. The maximum absolute atomic E-state index is 3.84. The van der Waals surface area contributed by atoms with Crippen molar-refractivity contribution >= 4 is 5.69 Å². The zero-order valence-electron chi connectivity index (χ0n) is 12.3. The molecule has 1 aliphatic carbocycles. The first-order valence-electron chi connectivity index (χ1n) is 7.81. The predicted molar refractivity (Wildman–Crippen MR) is 81.5 cm³/mol. The summed E-state index contributed by atoms with van der Waals surface area (Å²) >= 11 is 0. The van der Waals surface area contributed by atoms with Gasteiger partial charge in [0.1, 0.15) is 0 Å². The number of para-hydroxylation sites is 1. The van der Waals surface area contributed by atoms with E-state index >= 15 is 0 Å². The largest absolute Gasteiger partial charge is 0.369 e. The second kappa shape index (κ2) is 5.16. The van der Waals surface area contributed by atoms with Gasteiger partial charge >= 0.3 is 0 Å². The first-order chi connectivity index (χ1) is 9.23. The summed E-state index contributed by atoms with van der Waals surface area (Å²) < 4.78 is 0. The smallest absolute Gasteiger partial charge is 0.0412 e. The van der Waals surface area contributed by atoms with Crippen molar-refractivity contribution in [3.05, 3.63) is 29.8 Å². The van der Waals surface area contributed by atoms with Crippen LogP contribution in [0.15, 0.2) is 24.3 Å². The van der Waals surface area contributed by atoms with Gasteiger partial charge in [0.15, 0.2) is 0 Å². The van der Waals surface area contributed by atoms with Gasteiger partial charge in [-0.2, -0.15) is 0 Å². The minimum atomic E-state index is 0.298. The van der Waals surface area contributed by atoms with Gasteiger partial charge in [-0.05, 0) is 43.7 Å². The van der Waals surface area contributed by atoms with Crippen molar-refractivity contribution in [1.82, 2.24) is 5.32 Å². The van der Waals surface area contributed by atoms with Crippen molar-refractivity contribution in [1.29, 1.82) is 0 Å². The molecular weight excluding hydrogens is 232 g/mol. The average molecular weight is 258 g/mol. The molecule has 1 fully saturated rings. The standard InChI is InChI=1S/C17H26N2/c1-3-4-11-19-13-17(2,15-9-10-15)18-12-14-7-5-6-8-16(14)19/h5-8,15,18H,3-4,9-13H2,1-2H3. The zero-order chi connectivity index (χ0) is 13.3. The third-order valence-electron chi connectivity index (χ3n) is 4.79. The first kappa shape index (κ1) is 13.0. The van der Waals surface area contributed by atoms with Crippen molar-refractivity contribution in [3.8, 4) is 0 Å². The highest BCUT2D eigenvalue weighted by atomic mass is 15.2. The Kier molecular flexibility index (Phi) is 3.53. The molecule has 0 aromatic heterocycles. The van der Waals surface area contributed by atoms with Crippen LogP contribution in [-0.2, 0) is 6.54 Å². The maximum Gasteiger partial charge on any atom is 0.0412 e. The number of nitrogens with zero attached hydrogens (tertiary/aromatic N) is 1. The van der Waals surface area contributed by atoms with Crippen molar-refractivity contribution in [2.45, 2.75) is 51.6 Å². The highest BCUT2D eigenvalue weighted by Gasteiger charge is 2.43. The van der Waals surface area contributed by atoms with Crippen molar-refractivity contribution in [2.24, 2.45) is 5.92 Å². The van der Waals surface area contributed by atoms with Crippen LogP contribution < -0.4 is 10.2 Å². The summed E-state index contributed by atoms with van der Waals surface area (Å²) in [7, 11) is 0. The normalized spacial score (nSPS) is 26.9. The van der Waals surface area contributed by atoms with E-state index in [9.17, 15) is 0 Å². The quantitative estimate of drug-likeness (QED) is 0.888. The monoisotopic (exact) mass is 258 g/mol. The van der Waals surface area contributed by atoms with E-state index in [1.54, 1.807) is 0 Å². The van der Waals surface area contributed by atoms with Crippen LogP contribution in [0, 0.1) is 5.92 Å². The Hall–Kier alpha value is -1.02. The van der Waals surface area contributed by atoms with Crippen LogP contribution in [0.5, 0.6) is 0 Å². The second-order valence-electron chi connectivity index (χ2n) is 6.45. The van der Waals surface area contributed by atoms with E-state index in [1.165, 1.54) is 43.5 Å². The van der Waals surface area contributed by atoms with Gasteiger partial charge in [0.25, 0.3) is 0 Å². The number of anilines is 1. The molecule has 0 radical (unpaired) electrons. The molecule has 1 N–H and O–H groups in total. The lowest BCUT2D eigenvalue weighted by Gasteiger charge is -2.35. The van der Waals surface area contributed by atoms with E-state index in [1.807, 2.05) is 0 Å². The van der Waals surface area contributed by atoms with Crippen LogP contribution in [-0.4, -0.2) is 18.6 Å². The number of nitrogens with one attached hydrogen (secondary N) is 1. The highest BCUT2D eigenvalue weighted by Crippen LogP contribution is 2.42. The van der Waals surface area contributed by atoms with Crippen molar-refractivity contribution < 1.29 is 0 Å². The van der Waals surface area contributed by atoms with Gasteiger partial charge in [-0.15, -0.1) is 0 Å². The molecule has 2 nitrogen and oxygen atoms in total. The van der Waals surface area contributed by atoms with Crippen LogP contribution in [0.3, 0.4) is 0 Å². The summed E-state index contributed by atoms with van der Waals surface area (Å²) in [6, 6.07) is 8.92. The molecule has 1 saturated carbocycles. The fourth-order valence-corrected chi connectivity index (χ4v) is 3.35. The lowest BCUT2D eigenvalue weighted by Crippen LogP contribution is -2.51. The van der Waals surface area contributed by atoms with Gasteiger partial charge in [-0.1, -0.05) is 31.5 Å². The van der Waals surface area contributed by atoms with E-state index in [0.717, 1.165) is 19.0 Å². The number of hydrogen-bond acceptors (Lipinski definition) is 2. The highest BCUT2D eigenvalue weighted by molar-refractivity contribution is 5.55. The summed E-state index contributed by atoms with van der Waals surface area (Å²) in [5, 5.41) is 3.84. The van der Waals surface area contributed by atoms with Gasteiger partial charge in [0.2, 0.25) is 0 Å². The number of fused-ring (bicyclic) bond motifs is 1. The first-order valence-corrected chi connectivity index (χ1v) is 7.81. The molecule has 1 heterocycles. The van der Waals surface area contributed by atoms with Crippen molar-refractivity contribution in [2.75, 3.05) is 18.0 Å². The fraction of sp³-hybridized carbons (Fsp3) is 0.647. The van der Waals surface area contributed by atoms with Gasteiger partial charge < -0.3 is 10.2 Å². The second-order valence-corrected chi connectivity index (χ2v) is 6.45. The summed E-state index contributed by atoms with van der Waals surface area (Å²) in [6.45, 7) is 8.08. The Balaban J connectivity index is 1.87. The van der Waals surface area contributed by atoms with E-state index in [0.29, 0.717) is 5.54 Å². The van der Waals surface area contributed by atoms with Gasteiger partial charge in [-0.3, -0.25) is 0 Å². The Bertz CT molecular complexity index is 439. The maximum atomic E-state index is 3.84. The van der Waals surface area contributed by atoms with Crippen LogP contribution in [0.4, 0.5) is 5.69 Å². The molecule has 1 aliphatic heterocycles. The number of benzene rings is 1. The SMILES string of the molecule is CCCCN1CC(C)(C2CC2)NCc2ccccc21. The summed E-state index contributed by atoms with van der Waals surface area (Å²) in [4.78, 5) is 2.62. The number of unbranched alkanes of at least 4 members (excludes halogenated alkanes) is 1. The molecule has 2 aliphatic rings. The van der Waals surface area contributed by atoms with Gasteiger partial charge in [0, 0.05) is 30.9 Å². The number of rotatable bonds is 4. The molecular formula is C17H26N2. The molecule has 19 heavy (non-hydrogen) atoms. The molecule has 0 spiro atoms. The molecule has 0 saturated heterocycles.